The number of aromatic nitrogens is 2. The van der Waals surface area contributed by atoms with Crippen molar-refractivity contribution in [2.24, 2.45) is 0 Å². The Bertz CT molecular complexity index is 1230. The Morgan fingerprint density at radius 2 is 2.03 bits per heavy atom. The van der Waals surface area contributed by atoms with Crippen LogP contribution in [-0.4, -0.2) is 21.8 Å². The Morgan fingerprint density at radius 3 is 2.81 bits per heavy atom. The molecule has 3 aromatic rings. The van der Waals surface area contributed by atoms with Crippen molar-refractivity contribution >= 4 is 46.7 Å². The molecule has 1 aromatic heterocycles. The number of H-pyrrole nitrogens is 1. The lowest BCUT2D eigenvalue weighted by Crippen LogP contribution is -2.36. The maximum atomic E-state index is 12.8. The molecule has 158 valence electrons. The van der Waals surface area contributed by atoms with Crippen molar-refractivity contribution in [2.75, 3.05) is 10.6 Å². The third-order valence-electron chi connectivity index (χ3n) is 4.80. The first-order valence-electron chi connectivity index (χ1n) is 9.58. The normalized spacial score (nSPS) is 15.2. The van der Waals surface area contributed by atoms with E-state index in [-0.39, 0.29) is 23.7 Å². The Hall–Kier alpha value is -3.10. The van der Waals surface area contributed by atoms with E-state index in [0.29, 0.717) is 21.6 Å². The van der Waals surface area contributed by atoms with Crippen LogP contribution >= 0.6 is 23.4 Å². The van der Waals surface area contributed by atoms with E-state index in [1.54, 1.807) is 24.3 Å². The van der Waals surface area contributed by atoms with Crippen LogP contribution in [0.1, 0.15) is 29.0 Å². The molecular weight excluding hydrogens is 436 g/mol. The van der Waals surface area contributed by atoms with Crippen LogP contribution < -0.4 is 16.2 Å². The van der Waals surface area contributed by atoms with E-state index in [1.165, 1.54) is 11.8 Å². The third kappa shape index (κ3) is 4.98. The smallest absolute Gasteiger partial charge is 0.257 e. The van der Waals surface area contributed by atoms with Crippen molar-refractivity contribution < 1.29 is 9.59 Å². The first kappa shape index (κ1) is 21.1. The number of halogens is 1. The number of benzene rings is 2. The molecule has 0 fully saturated rings. The van der Waals surface area contributed by atoms with Gasteiger partial charge in [-0.25, -0.2) is 4.98 Å². The van der Waals surface area contributed by atoms with Crippen molar-refractivity contribution in [1.82, 2.24) is 9.97 Å². The zero-order valence-electron chi connectivity index (χ0n) is 16.6. The number of fused-ring (bicyclic) bond motifs is 1. The molecule has 0 aliphatic carbocycles. The lowest BCUT2D eigenvalue weighted by molar-refractivity contribution is -0.123. The number of nitrogens with one attached hydrogen (secondary N) is 3. The molecular formula is C22H19ClN4O3S. The third-order valence-corrected chi connectivity index (χ3v) is 5.98. The van der Waals surface area contributed by atoms with Crippen LogP contribution in [0.2, 0.25) is 5.02 Å². The van der Waals surface area contributed by atoms with Crippen LogP contribution in [0, 0.1) is 6.92 Å². The zero-order valence-corrected chi connectivity index (χ0v) is 18.1. The number of aromatic amines is 1. The molecule has 0 bridgehead atoms. The van der Waals surface area contributed by atoms with Gasteiger partial charge in [-0.3, -0.25) is 14.4 Å². The molecule has 2 heterocycles. The number of hydrogen-bond donors (Lipinski definition) is 3. The molecule has 9 heteroatoms. The number of rotatable bonds is 5. The standard InChI is InChI=1S/C22H19ClN4O3S/c1-12-4-2-5-13(8-12)11-31-22-26-19-18(21(30)27-22)16(10-17(28)25-19)20(29)24-15-7-3-6-14(23)9-15/h2-9,16H,10-11H2,1H3,(H,24,29)(H2,25,26,27,28,30)/t16-/m1/s1. The van der Waals surface area contributed by atoms with Crippen molar-refractivity contribution in [3.63, 3.8) is 0 Å². The van der Waals surface area contributed by atoms with Crippen LogP contribution in [-0.2, 0) is 15.3 Å². The fourth-order valence-corrected chi connectivity index (χ4v) is 4.39. The zero-order chi connectivity index (χ0) is 22.0. The molecule has 0 unspecified atom stereocenters. The van der Waals surface area contributed by atoms with Gasteiger partial charge in [-0.1, -0.05) is 59.3 Å². The van der Waals surface area contributed by atoms with E-state index in [0.717, 1.165) is 11.1 Å². The maximum Gasteiger partial charge on any atom is 0.257 e. The summed E-state index contributed by atoms with van der Waals surface area (Å²) in [5, 5.41) is 6.18. The summed E-state index contributed by atoms with van der Waals surface area (Å²) in [6.07, 6.45) is -0.139. The highest BCUT2D eigenvalue weighted by molar-refractivity contribution is 7.98. The van der Waals surface area contributed by atoms with Crippen LogP contribution in [0.3, 0.4) is 0 Å². The van der Waals surface area contributed by atoms with Crippen LogP contribution in [0.25, 0.3) is 0 Å². The second kappa shape index (κ2) is 8.95. The summed E-state index contributed by atoms with van der Waals surface area (Å²) < 4.78 is 0. The van der Waals surface area contributed by atoms with Gasteiger partial charge in [0.2, 0.25) is 11.8 Å². The molecule has 3 N–H and O–H groups in total. The van der Waals surface area contributed by atoms with Gasteiger partial charge in [0.1, 0.15) is 5.82 Å². The number of carbonyl (C=O) groups excluding carboxylic acids is 2. The fourth-order valence-electron chi connectivity index (χ4n) is 3.39. The second-order valence-corrected chi connectivity index (χ2v) is 8.62. The molecule has 1 atom stereocenters. The van der Waals surface area contributed by atoms with E-state index >= 15 is 0 Å². The molecule has 0 saturated carbocycles. The number of hydrogen-bond acceptors (Lipinski definition) is 5. The van der Waals surface area contributed by atoms with Crippen molar-refractivity contribution in [1.29, 1.82) is 0 Å². The van der Waals surface area contributed by atoms with Gasteiger partial charge in [0.15, 0.2) is 5.16 Å². The summed E-state index contributed by atoms with van der Waals surface area (Å²) in [7, 11) is 0. The molecule has 0 saturated heterocycles. The molecule has 0 spiro atoms. The Morgan fingerprint density at radius 1 is 1.23 bits per heavy atom. The summed E-state index contributed by atoms with van der Waals surface area (Å²) in [6, 6.07) is 14.7. The minimum atomic E-state index is -0.949. The molecule has 7 nitrogen and oxygen atoms in total. The maximum absolute atomic E-state index is 12.8. The monoisotopic (exact) mass is 454 g/mol. The lowest BCUT2D eigenvalue weighted by atomic mass is 9.92. The van der Waals surface area contributed by atoms with Gasteiger partial charge in [-0.15, -0.1) is 0 Å². The molecule has 4 rings (SSSR count). The fraction of sp³-hybridized carbons (Fsp3) is 0.182. The average molecular weight is 455 g/mol. The van der Waals surface area contributed by atoms with Gasteiger partial charge >= 0.3 is 0 Å². The van der Waals surface area contributed by atoms with E-state index < -0.39 is 17.4 Å². The molecule has 0 radical (unpaired) electrons. The Labute approximate surface area is 187 Å². The average Bonchev–Trinajstić information content (AvgIpc) is 2.71. The minimum absolute atomic E-state index is 0.123. The van der Waals surface area contributed by atoms with Crippen LogP contribution in [0.4, 0.5) is 11.5 Å². The number of thioether (sulfide) groups is 1. The van der Waals surface area contributed by atoms with Crippen molar-refractivity contribution in [3.05, 3.63) is 80.6 Å². The first-order chi connectivity index (χ1) is 14.9. The summed E-state index contributed by atoms with van der Waals surface area (Å²) in [6.45, 7) is 2.01. The molecule has 2 aromatic carbocycles. The van der Waals surface area contributed by atoms with Crippen molar-refractivity contribution in [2.45, 2.75) is 30.2 Å². The molecule has 1 aliphatic heterocycles. The predicted molar refractivity (Wildman–Crippen MR) is 122 cm³/mol. The minimum Gasteiger partial charge on any atom is -0.325 e. The van der Waals surface area contributed by atoms with Gasteiger partial charge in [0, 0.05) is 22.9 Å². The summed E-state index contributed by atoms with van der Waals surface area (Å²) in [5.74, 6) is -1.05. The van der Waals surface area contributed by atoms with Gasteiger partial charge in [-0.2, -0.15) is 0 Å². The number of nitrogens with zero attached hydrogens (tertiary/aromatic N) is 1. The molecule has 1 aliphatic rings. The van der Waals surface area contributed by atoms with Gasteiger partial charge in [0.25, 0.3) is 5.56 Å². The highest BCUT2D eigenvalue weighted by Crippen LogP contribution is 2.31. The number of amides is 2. The Balaban J connectivity index is 1.58. The van der Waals surface area contributed by atoms with E-state index in [2.05, 4.69) is 26.7 Å². The predicted octanol–water partition coefficient (Wildman–Crippen LogP) is 4.09. The highest BCUT2D eigenvalue weighted by atomic mass is 35.5. The topological polar surface area (TPSA) is 104 Å². The lowest BCUT2D eigenvalue weighted by Gasteiger charge is -2.23. The molecule has 2 amide bonds. The van der Waals surface area contributed by atoms with Gasteiger partial charge in [0.05, 0.1) is 11.5 Å². The van der Waals surface area contributed by atoms with Crippen LogP contribution in [0.5, 0.6) is 0 Å². The Kier molecular flexibility index (Phi) is 6.11. The number of aryl methyl sites for hydroxylation is 1. The summed E-state index contributed by atoms with van der Waals surface area (Å²) in [5.41, 5.74) is 2.43. The van der Waals surface area contributed by atoms with Crippen molar-refractivity contribution in [3.8, 4) is 0 Å². The first-order valence-corrected chi connectivity index (χ1v) is 10.9. The number of carbonyl (C=O) groups is 2. The van der Waals surface area contributed by atoms with Crippen LogP contribution in [0.15, 0.2) is 58.5 Å². The van der Waals surface area contributed by atoms with E-state index in [4.69, 9.17) is 11.6 Å². The highest BCUT2D eigenvalue weighted by Gasteiger charge is 2.34. The summed E-state index contributed by atoms with van der Waals surface area (Å²) >= 11 is 7.31. The largest absolute Gasteiger partial charge is 0.325 e. The van der Waals surface area contributed by atoms with E-state index in [1.807, 2.05) is 25.1 Å². The number of anilines is 2. The quantitative estimate of drug-likeness (QED) is 0.398. The summed E-state index contributed by atoms with van der Waals surface area (Å²) in [4.78, 5) is 45.0. The van der Waals surface area contributed by atoms with Gasteiger partial charge < -0.3 is 15.6 Å². The molecule has 31 heavy (non-hydrogen) atoms. The van der Waals surface area contributed by atoms with Gasteiger partial charge in [-0.05, 0) is 30.7 Å². The van der Waals surface area contributed by atoms with E-state index in [9.17, 15) is 14.4 Å². The second-order valence-electron chi connectivity index (χ2n) is 7.22. The SMILES string of the molecule is Cc1cccc(CSc2nc3c(c(=O)[nH]2)[C@H](C(=O)Nc2cccc(Cl)c2)CC(=O)N3)c1.